The van der Waals surface area contributed by atoms with Gasteiger partial charge in [-0.15, -0.1) is 0 Å². The van der Waals surface area contributed by atoms with E-state index >= 15 is 0 Å². The van der Waals surface area contributed by atoms with Gasteiger partial charge >= 0.3 is 0 Å². The predicted octanol–water partition coefficient (Wildman–Crippen LogP) is 1.29. The zero-order valence-corrected chi connectivity index (χ0v) is 7.17. The fourth-order valence-electron chi connectivity index (χ4n) is 0.609. The van der Waals surface area contributed by atoms with Crippen LogP contribution in [0.25, 0.3) is 0 Å². The van der Waals surface area contributed by atoms with Gasteiger partial charge in [-0.05, 0) is 6.92 Å². The van der Waals surface area contributed by atoms with Gasteiger partial charge in [-0.25, -0.2) is 0 Å². The molecule has 0 amide bonds. The number of aliphatic hydroxyl groups is 1. The molecule has 1 heterocycles. The first-order chi connectivity index (χ1) is 5.29. The molecule has 3 nitrogen and oxygen atoms in total. The second kappa shape index (κ2) is 4.31. The molecule has 0 radical (unpaired) electrons. The summed E-state index contributed by atoms with van der Waals surface area (Å²) in [6, 6.07) is 1.81. The Bertz CT molecular complexity index is 186. The minimum atomic E-state index is -0.289. The van der Waals surface area contributed by atoms with E-state index in [0.29, 0.717) is 13.0 Å². The number of aromatic nitrogens is 1. The van der Waals surface area contributed by atoms with E-state index in [1.54, 1.807) is 13.1 Å². The van der Waals surface area contributed by atoms with Crippen LogP contribution in [0, 0.1) is 0 Å². The molecular weight excluding hydrogens is 162 g/mol. The molecule has 62 valence electrons. The lowest BCUT2D eigenvalue weighted by Gasteiger charge is -2.03. The quantitative estimate of drug-likeness (QED) is 0.746. The molecular formula is C7H11NO2S. The van der Waals surface area contributed by atoms with Crippen molar-refractivity contribution in [1.29, 1.82) is 0 Å². The van der Waals surface area contributed by atoms with Crippen LogP contribution < -0.4 is 4.74 Å². The average Bonchev–Trinajstić information content (AvgIpc) is 2.39. The van der Waals surface area contributed by atoms with Crippen LogP contribution in [0.2, 0.25) is 0 Å². The molecule has 0 aliphatic heterocycles. The Labute approximate surface area is 69.8 Å². The molecule has 0 aliphatic carbocycles. The Morgan fingerprint density at radius 1 is 1.82 bits per heavy atom. The molecule has 1 rings (SSSR count). The third-order valence-corrected chi connectivity index (χ3v) is 1.86. The van der Waals surface area contributed by atoms with E-state index in [4.69, 9.17) is 9.84 Å². The van der Waals surface area contributed by atoms with Crippen LogP contribution in [-0.4, -0.2) is 22.2 Å². The summed E-state index contributed by atoms with van der Waals surface area (Å²) in [4.78, 5) is 0. The van der Waals surface area contributed by atoms with Gasteiger partial charge < -0.3 is 9.84 Å². The van der Waals surface area contributed by atoms with Crippen molar-refractivity contribution in [1.82, 2.24) is 4.37 Å². The fourth-order valence-corrected chi connectivity index (χ4v) is 1.09. The van der Waals surface area contributed by atoms with Gasteiger partial charge in [0.05, 0.1) is 12.7 Å². The number of nitrogens with zero attached hydrogens (tertiary/aromatic N) is 1. The lowest BCUT2D eigenvalue weighted by Crippen LogP contribution is -2.06. The highest BCUT2D eigenvalue weighted by molar-refractivity contribution is 7.07. The summed E-state index contributed by atoms with van der Waals surface area (Å²) in [5.41, 5.74) is 0. The second-order valence-electron chi connectivity index (χ2n) is 2.32. The molecule has 0 saturated carbocycles. The van der Waals surface area contributed by atoms with Crippen LogP contribution in [0.3, 0.4) is 0 Å². The highest BCUT2D eigenvalue weighted by Gasteiger charge is 1.97. The van der Waals surface area contributed by atoms with E-state index in [0.717, 1.165) is 5.06 Å². The second-order valence-corrected chi connectivity index (χ2v) is 3.11. The molecule has 0 aromatic carbocycles. The number of rotatable bonds is 4. The van der Waals surface area contributed by atoms with Crippen LogP contribution in [0.4, 0.5) is 0 Å². The standard InChI is InChI=1S/C7H11NO2S/c1-6(9)3-5-10-7-2-4-8-11-7/h2,4,6,9H,3,5H2,1H3. The van der Waals surface area contributed by atoms with Crippen molar-refractivity contribution in [2.75, 3.05) is 6.61 Å². The molecule has 4 heteroatoms. The molecule has 1 atom stereocenters. The minimum absolute atomic E-state index is 0.289. The van der Waals surface area contributed by atoms with Crippen molar-refractivity contribution in [2.24, 2.45) is 0 Å². The summed E-state index contributed by atoms with van der Waals surface area (Å²) in [7, 11) is 0. The van der Waals surface area contributed by atoms with E-state index in [2.05, 4.69) is 4.37 Å². The Balaban J connectivity index is 2.14. The first kappa shape index (κ1) is 8.49. The van der Waals surface area contributed by atoms with Gasteiger partial charge in [0, 0.05) is 30.2 Å². The van der Waals surface area contributed by atoms with Gasteiger partial charge in [-0.3, -0.25) is 0 Å². The van der Waals surface area contributed by atoms with E-state index in [9.17, 15) is 0 Å². The average molecular weight is 173 g/mol. The van der Waals surface area contributed by atoms with Crippen molar-refractivity contribution in [3.8, 4) is 5.06 Å². The molecule has 1 aromatic rings. The summed E-state index contributed by atoms with van der Waals surface area (Å²) in [6.07, 6.45) is 2.07. The Hall–Kier alpha value is -0.610. The topological polar surface area (TPSA) is 42.4 Å². The first-order valence-corrected chi connectivity index (χ1v) is 4.28. The number of hydrogen-bond acceptors (Lipinski definition) is 4. The molecule has 1 aromatic heterocycles. The summed E-state index contributed by atoms with van der Waals surface area (Å²) in [5, 5.41) is 9.70. The number of aliphatic hydroxyl groups excluding tert-OH is 1. The highest BCUT2D eigenvalue weighted by Crippen LogP contribution is 2.14. The smallest absolute Gasteiger partial charge is 0.193 e. The Morgan fingerprint density at radius 3 is 3.18 bits per heavy atom. The van der Waals surface area contributed by atoms with Crippen molar-refractivity contribution in [3.63, 3.8) is 0 Å². The molecule has 0 bridgehead atoms. The van der Waals surface area contributed by atoms with Gasteiger partial charge in [0.25, 0.3) is 0 Å². The van der Waals surface area contributed by atoms with Crippen LogP contribution in [-0.2, 0) is 0 Å². The summed E-state index contributed by atoms with van der Waals surface area (Å²) >= 11 is 1.32. The normalized spacial score (nSPS) is 12.9. The lowest BCUT2D eigenvalue weighted by molar-refractivity contribution is 0.157. The van der Waals surface area contributed by atoms with Crippen LogP contribution >= 0.6 is 11.5 Å². The van der Waals surface area contributed by atoms with Gasteiger partial charge in [0.2, 0.25) is 0 Å². The van der Waals surface area contributed by atoms with Gasteiger partial charge in [-0.2, -0.15) is 4.37 Å². The molecule has 0 saturated heterocycles. The maximum atomic E-state index is 8.89. The van der Waals surface area contributed by atoms with Crippen molar-refractivity contribution < 1.29 is 9.84 Å². The third kappa shape index (κ3) is 3.34. The fraction of sp³-hybridized carbons (Fsp3) is 0.571. The van der Waals surface area contributed by atoms with E-state index < -0.39 is 0 Å². The van der Waals surface area contributed by atoms with Crippen molar-refractivity contribution in [2.45, 2.75) is 19.4 Å². The molecule has 1 unspecified atom stereocenters. The van der Waals surface area contributed by atoms with Crippen LogP contribution in [0.1, 0.15) is 13.3 Å². The van der Waals surface area contributed by atoms with E-state index in [1.807, 2.05) is 6.07 Å². The van der Waals surface area contributed by atoms with E-state index in [1.165, 1.54) is 11.5 Å². The largest absolute Gasteiger partial charge is 0.483 e. The lowest BCUT2D eigenvalue weighted by atomic mass is 10.3. The molecule has 1 N–H and O–H groups in total. The minimum Gasteiger partial charge on any atom is -0.483 e. The van der Waals surface area contributed by atoms with Gasteiger partial charge in [0.15, 0.2) is 5.06 Å². The maximum absolute atomic E-state index is 8.89. The number of ether oxygens (including phenoxy) is 1. The van der Waals surface area contributed by atoms with Crippen LogP contribution in [0.15, 0.2) is 12.3 Å². The third-order valence-electron chi connectivity index (χ3n) is 1.19. The Morgan fingerprint density at radius 2 is 2.64 bits per heavy atom. The molecule has 0 fully saturated rings. The van der Waals surface area contributed by atoms with Crippen molar-refractivity contribution >= 4 is 11.5 Å². The van der Waals surface area contributed by atoms with Crippen LogP contribution in [0.5, 0.6) is 5.06 Å². The predicted molar refractivity (Wildman–Crippen MR) is 43.9 cm³/mol. The summed E-state index contributed by atoms with van der Waals surface area (Å²) in [6.45, 7) is 2.30. The zero-order chi connectivity index (χ0) is 8.10. The first-order valence-electron chi connectivity index (χ1n) is 3.50. The maximum Gasteiger partial charge on any atom is 0.193 e. The van der Waals surface area contributed by atoms with E-state index in [-0.39, 0.29) is 6.10 Å². The number of hydrogen-bond donors (Lipinski definition) is 1. The zero-order valence-electron chi connectivity index (χ0n) is 6.36. The van der Waals surface area contributed by atoms with Gasteiger partial charge in [-0.1, -0.05) is 0 Å². The molecule has 0 aliphatic rings. The highest BCUT2D eigenvalue weighted by atomic mass is 32.1. The monoisotopic (exact) mass is 173 g/mol. The molecule has 11 heavy (non-hydrogen) atoms. The summed E-state index contributed by atoms with van der Waals surface area (Å²) in [5.74, 6) is 0. The molecule has 0 spiro atoms. The summed E-state index contributed by atoms with van der Waals surface area (Å²) < 4.78 is 9.13. The SMILES string of the molecule is CC(O)CCOc1ccns1. The Kier molecular flexibility index (Phi) is 3.32. The van der Waals surface area contributed by atoms with Crippen molar-refractivity contribution in [3.05, 3.63) is 12.3 Å². The van der Waals surface area contributed by atoms with Gasteiger partial charge in [0.1, 0.15) is 0 Å².